The van der Waals surface area contributed by atoms with E-state index < -0.39 is 23.6 Å². The quantitative estimate of drug-likeness (QED) is 0.686. The SMILES string of the molecule is Cn1nccc1-c1cc(C(F)(F)F)nc(SCC(=O)O)n1. The van der Waals surface area contributed by atoms with Gasteiger partial charge >= 0.3 is 12.1 Å². The predicted molar refractivity (Wildman–Crippen MR) is 67.6 cm³/mol. The van der Waals surface area contributed by atoms with Crippen LogP contribution in [-0.2, 0) is 18.0 Å². The van der Waals surface area contributed by atoms with Crippen LogP contribution >= 0.6 is 11.8 Å². The lowest BCUT2D eigenvalue weighted by Gasteiger charge is -2.10. The van der Waals surface area contributed by atoms with E-state index in [0.717, 1.165) is 6.07 Å². The first-order valence-corrected chi connectivity index (χ1v) is 6.55. The first-order chi connectivity index (χ1) is 9.77. The van der Waals surface area contributed by atoms with Gasteiger partial charge in [0.15, 0.2) is 5.16 Å². The fraction of sp³-hybridized carbons (Fsp3) is 0.273. The van der Waals surface area contributed by atoms with Crippen LogP contribution in [-0.4, -0.2) is 36.6 Å². The van der Waals surface area contributed by atoms with Crippen LogP contribution in [0.2, 0.25) is 0 Å². The van der Waals surface area contributed by atoms with Crippen molar-refractivity contribution in [2.75, 3.05) is 5.75 Å². The van der Waals surface area contributed by atoms with Crippen LogP contribution in [0.25, 0.3) is 11.4 Å². The Kier molecular flexibility index (Phi) is 4.16. The molecule has 112 valence electrons. The molecule has 1 N–H and O–H groups in total. The highest BCUT2D eigenvalue weighted by Gasteiger charge is 2.34. The van der Waals surface area contributed by atoms with E-state index in [0.29, 0.717) is 17.5 Å². The van der Waals surface area contributed by atoms with Gasteiger partial charge in [-0.2, -0.15) is 18.3 Å². The number of aromatic nitrogens is 4. The molecule has 2 aromatic heterocycles. The predicted octanol–water partition coefficient (Wildman–Crippen LogP) is 2.07. The highest BCUT2D eigenvalue weighted by Crippen LogP contribution is 2.31. The van der Waals surface area contributed by atoms with Gasteiger partial charge in [-0.1, -0.05) is 11.8 Å². The van der Waals surface area contributed by atoms with Crippen LogP contribution in [0.5, 0.6) is 0 Å². The monoisotopic (exact) mass is 318 g/mol. The second kappa shape index (κ2) is 5.72. The van der Waals surface area contributed by atoms with Crippen LogP contribution in [0.1, 0.15) is 5.69 Å². The van der Waals surface area contributed by atoms with Crippen molar-refractivity contribution in [3.63, 3.8) is 0 Å². The summed E-state index contributed by atoms with van der Waals surface area (Å²) < 4.78 is 39.9. The molecule has 0 aliphatic heterocycles. The van der Waals surface area contributed by atoms with Gasteiger partial charge < -0.3 is 5.11 Å². The molecule has 10 heteroatoms. The molecule has 0 aliphatic carbocycles. The van der Waals surface area contributed by atoms with Gasteiger partial charge in [-0.05, 0) is 12.1 Å². The third kappa shape index (κ3) is 3.72. The number of alkyl halides is 3. The van der Waals surface area contributed by atoms with Crippen LogP contribution in [0.3, 0.4) is 0 Å². The number of halogens is 3. The highest BCUT2D eigenvalue weighted by atomic mass is 32.2. The van der Waals surface area contributed by atoms with Crippen molar-refractivity contribution in [2.45, 2.75) is 11.3 Å². The molecular formula is C11H9F3N4O2S. The summed E-state index contributed by atoms with van der Waals surface area (Å²) >= 11 is 0.625. The summed E-state index contributed by atoms with van der Waals surface area (Å²) in [6.07, 6.45) is -3.22. The van der Waals surface area contributed by atoms with Crippen molar-refractivity contribution in [3.05, 3.63) is 24.0 Å². The van der Waals surface area contributed by atoms with Gasteiger partial charge in [0.2, 0.25) is 0 Å². The number of nitrogens with zero attached hydrogens (tertiary/aromatic N) is 4. The Morgan fingerprint density at radius 3 is 2.67 bits per heavy atom. The minimum atomic E-state index is -4.64. The Morgan fingerprint density at radius 2 is 2.14 bits per heavy atom. The molecule has 2 aromatic rings. The molecular weight excluding hydrogens is 309 g/mol. The van der Waals surface area contributed by atoms with Gasteiger partial charge in [-0.3, -0.25) is 9.48 Å². The molecule has 0 saturated heterocycles. The van der Waals surface area contributed by atoms with E-state index in [1.54, 1.807) is 7.05 Å². The molecule has 0 amide bonds. The molecule has 0 spiro atoms. The zero-order valence-corrected chi connectivity index (χ0v) is 11.4. The zero-order chi connectivity index (χ0) is 15.6. The summed E-state index contributed by atoms with van der Waals surface area (Å²) in [4.78, 5) is 17.8. The van der Waals surface area contributed by atoms with Crippen LogP contribution in [0.15, 0.2) is 23.5 Å². The van der Waals surface area contributed by atoms with Crippen molar-refractivity contribution in [3.8, 4) is 11.4 Å². The van der Waals surface area contributed by atoms with Crippen molar-refractivity contribution < 1.29 is 23.1 Å². The number of hydrogen-bond donors (Lipinski definition) is 1. The summed E-state index contributed by atoms with van der Waals surface area (Å²) in [5.41, 5.74) is -0.716. The van der Waals surface area contributed by atoms with E-state index in [9.17, 15) is 18.0 Å². The number of carboxylic acids is 1. The lowest BCUT2D eigenvalue weighted by atomic mass is 10.2. The fourth-order valence-electron chi connectivity index (χ4n) is 1.52. The number of hydrogen-bond acceptors (Lipinski definition) is 5. The van der Waals surface area contributed by atoms with Gasteiger partial charge in [-0.25, -0.2) is 9.97 Å². The number of aliphatic carboxylic acids is 1. The lowest BCUT2D eigenvalue weighted by molar-refractivity contribution is -0.141. The van der Waals surface area contributed by atoms with Gasteiger partial charge in [0.05, 0.1) is 17.1 Å². The average Bonchev–Trinajstić information content (AvgIpc) is 2.81. The van der Waals surface area contributed by atoms with Crippen molar-refractivity contribution in [2.24, 2.45) is 7.05 Å². The second-order valence-corrected chi connectivity index (χ2v) is 4.88. The van der Waals surface area contributed by atoms with Gasteiger partial charge in [-0.15, -0.1) is 0 Å². The van der Waals surface area contributed by atoms with E-state index in [-0.39, 0.29) is 10.9 Å². The maximum absolute atomic E-state index is 12.9. The minimum absolute atomic E-state index is 0.0326. The lowest BCUT2D eigenvalue weighted by Crippen LogP contribution is -2.11. The Hall–Kier alpha value is -2.10. The normalized spacial score (nSPS) is 11.6. The smallest absolute Gasteiger partial charge is 0.433 e. The van der Waals surface area contributed by atoms with E-state index in [4.69, 9.17) is 5.11 Å². The number of carbonyl (C=O) groups is 1. The standard InChI is InChI=1S/C11H9F3N4O2S/c1-18-7(2-3-15-18)6-4-8(11(12,13)14)17-10(16-6)21-5-9(19)20/h2-4H,5H2,1H3,(H,19,20). The molecule has 0 aromatic carbocycles. The molecule has 0 bridgehead atoms. The minimum Gasteiger partial charge on any atom is -0.481 e. The summed E-state index contributed by atoms with van der Waals surface area (Å²) in [7, 11) is 1.56. The van der Waals surface area contributed by atoms with Crippen molar-refractivity contribution in [1.29, 1.82) is 0 Å². The van der Waals surface area contributed by atoms with Gasteiger partial charge in [0.1, 0.15) is 5.69 Å². The molecule has 0 radical (unpaired) electrons. The van der Waals surface area contributed by atoms with Crippen LogP contribution < -0.4 is 0 Å². The van der Waals surface area contributed by atoms with Crippen molar-refractivity contribution >= 4 is 17.7 Å². The Morgan fingerprint density at radius 1 is 1.43 bits per heavy atom. The Balaban J connectivity index is 2.47. The molecule has 0 atom stereocenters. The maximum atomic E-state index is 12.9. The summed E-state index contributed by atoms with van der Waals surface area (Å²) in [5.74, 6) is -1.59. The topological polar surface area (TPSA) is 80.9 Å². The van der Waals surface area contributed by atoms with Gasteiger partial charge in [0.25, 0.3) is 0 Å². The zero-order valence-electron chi connectivity index (χ0n) is 10.6. The molecule has 2 rings (SSSR count). The number of carboxylic acid groups (broad SMARTS) is 1. The molecule has 0 aliphatic rings. The summed E-state index contributed by atoms with van der Waals surface area (Å²) in [6, 6.07) is 2.32. The van der Waals surface area contributed by atoms with E-state index in [1.165, 1.54) is 16.9 Å². The maximum Gasteiger partial charge on any atom is 0.433 e. The largest absolute Gasteiger partial charge is 0.481 e. The molecule has 21 heavy (non-hydrogen) atoms. The average molecular weight is 318 g/mol. The molecule has 0 saturated carbocycles. The number of rotatable bonds is 4. The Labute approximate surface area is 121 Å². The Bertz CT molecular complexity index is 672. The van der Waals surface area contributed by atoms with E-state index in [2.05, 4.69) is 15.1 Å². The molecule has 2 heterocycles. The summed E-state index contributed by atoms with van der Waals surface area (Å²) in [5, 5.41) is 12.2. The highest BCUT2D eigenvalue weighted by molar-refractivity contribution is 7.99. The number of aryl methyl sites for hydroxylation is 1. The molecule has 0 fully saturated rings. The van der Waals surface area contributed by atoms with Gasteiger partial charge in [0, 0.05) is 13.2 Å². The van der Waals surface area contributed by atoms with Crippen LogP contribution in [0, 0.1) is 0 Å². The van der Waals surface area contributed by atoms with E-state index >= 15 is 0 Å². The fourth-order valence-corrected chi connectivity index (χ4v) is 2.10. The van der Waals surface area contributed by atoms with E-state index in [1.807, 2.05) is 0 Å². The van der Waals surface area contributed by atoms with Crippen LogP contribution in [0.4, 0.5) is 13.2 Å². The third-order valence-corrected chi connectivity index (χ3v) is 3.24. The molecule has 0 unspecified atom stereocenters. The first-order valence-electron chi connectivity index (χ1n) is 5.56. The number of thioether (sulfide) groups is 1. The second-order valence-electron chi connectivity index (χ2n) is 3.94. The first kappa shape index (κ1) is 15.3. The van der Waals surface area contributed by atoms with Crippen molar-refractivity contribution in [1.82, 2.24) is 19.7 Å². The summed E-state index contributed by atoms with van der Waals surface area (Å²) in [6.45, 7) is 0. The molecule has 6 nitrogen and oxygen atoms in total. The third-order valence-electron chi connectivity index (χ3n) is 2.40.